The Morgan fingerprint density at radius 2 is 1.81 bits per heavy atom. The molecule has 0 saturated heterocycles. The van der Waals surface area contributed by atoms with Gasteiger partial charge in [-0.25, -0.2) is 0 Å². The first-order chi connectivity index (χ1) is 12.2. The highest BCUT2D eigenvalue weighted by atomic mass is 79.9. The van der Waals surface area contributed by atoms with Crippen LogP contribution in [0.15, 0.2) is 34.8 Å². The Morgan fingerprint density at radius 1 is 1.19 bits per heavy atom. The van der Waals surface area contributed by atoms with Crippen molar-refractivity contribution in [2.75, 3.05) is 19.5 Å². The summed E-state index contributed by atoms with van der Waals surface area (Å²) in [4.78, 5) is 14.8. The second kappa shape index (κ2) is 8.69. The summed E-state index contributed by atoms with van der Waals surface area (Å²) in [5.41, 5.74) is 5.30. The molecule has 2 aromatic rings. The summed E-state index contributed by atoms with van der Waals surface area (Å²) in [5, 5.41) is 3.09. The fourth-order valence-corrected chi connectivity index (χ4v) is 3.49. The summed E-state index contributed by atoms with van der Waals surface area (Å²) < 4.78 is 6.42. The zero-order valence-corrected chi connectivity index (χ0v) is 17.9. The van der Waals surface area contributed by atoms with Crippen molar-refractivity contribution in [3.05, 3.63) is 57.1 Å². The average molecular weight is 419 g/mol. The number of hydrogen-bond donors (Lipinski definition) is 1. The Bertz CT molecular complexity index is 782. The van der Waals surface area contributed by atoms with Crippen LogP contribution in [0.4, 0.5) is 5.69 Å². The summed E-state index contributed by atoms with van der Waals surface area (Å²) in [6.45, 7) is 8.64. The summed E-state index contributed by atoms with van der Waals surface area (Å²) in [5.74, 6) is 0.800. The Balaban J connectivity index is 2.12. The highest BCUT2D eigenvalue weighted by molar-refractivity contribution is 9.10. The number of carbonyl (C=O) groups is 1. The lowest BCUT2D eigenvalue weighted by atomic mass is 10.0. The Hall–Kier alpha value is -1.85. The van der Waals surface area contributed by atoms with E-state index in [9.17, 15) is 4.79 Å². The third kappa shape index (κ3) is 4.86. The van der Waals surface area contributed by atoms with Gasteiger partial charge in [-0.15, -0.1) is 0 Å². The Morgan fingerprint density at radius 3 is 2.38 bits per heavy atom. The van der Waals surface area contributed by atoms with Gasteiger partial charge in [0.15, 0.2) is 0 Å². The third-order valence-corrected chi connectivity index (χ3v) is 5.12. The molecular formula is C21H27BrN2O2. The van der Waals surface area contributed by atoms with Gasteiger partial charge in [0.05, 0.1) is 13.2 Å². The van der Waals surface area contributed by atoms with Crippen molar-refractivity contribution in [3.63, 3.8) is 0 Å². The number of methoxy groups -OCH3 is 1. The number of rotatable bonds is 6. The highest BCUT2D eigenvalue weighted by Gasteiger charge is 2.20. The number of ether oxygens (including phenoxy) is 1. The van der Waals surface area contributed by atoms with Gasteiger partial charge in [-0.2, -0.15) is 0 Å². The van der Waals surface area contributed by atoms with Crippen molar-refractivity contribution in [3.8, 4) is 5.75 Å². The van der Waals surface area contributed by atoms with Gasteiger partial charge in [0.1, 0.15) is 5.75 Å². The number of anilines is 1. The SMILES string of the molecule is COc1ccc(Br)cc1CN(C)[C@@H](C)C(=O)Nc1c(C)cc(C)cc1C. The molecule has 140 valence electrons. The number of amides is 1. The number of aryl methyl sites for hydroxylation is 3. The summed E-state index contributed by atoms with van der Waals surface area (Å²) in [6.07, 6.45) is 0. The van der Waals surface area contributed by atoms with E-state index >= 15 is 0 Å². The smallest absolute Gasteiger partial charge is 0.241 e. The second-order valence-electron chi connectivity index (χ2n) is 6.81. The first-order valence-corrected chi connectivity index (χ1v) is 9.43. The molecule has 0 aliphatic heterocycles. The average Bonchev–Trinajstić information content (AvgIpc) is 2.57. The number of benzene rings is 2. The molecule has 0 heterocycles. The van der Waals surface area contributed by atoms with E-state index < -0.39 is 0 Å². The van der Waals surface area contributed by atoms with E-state index in [-0.39, 0.29) is 11.9 Å². The molecule has 0 aromatic heterocycles. The molecule has 1 atom stereocenters. The van der Waals surface area contributed by atoms with Crippen LogP contribution in [-0.2, 0) is 11.3 Å². The molecule has 0 radical (unpaired) electrons. The molecule has 1 N–H and O–H groups in total. The standard InChI is InChI=1S/C21H27BrN2O2/c1-13-9-14(2)20(15(3)10-13)23-21(25)16(4)24(5)12-17-11-18(22)7-8-19(17)26-6/h7-11,16H,12H2,1-6H3,(H,23,25)/t16-/m0/s1. The zero-order chi connectivity index (χ0) is 19.4. The predicted octanol–water partition coefficient (Wildman–Crippen LogP) is 4.84. The van der Waals surface area contributed by atoms with E-state index in [1.54, 1.807) is 7.11 Å². The first kappa shape index (κ1) is 20.5. The fourth-order valence-electron chi connectivity index (χ4n) is 3.08. The molecule has 1 amide bonds. The van der Waals surface area contributed by atoms with Crippen LogP contribution in [0.3, 0.4) is 0 Å². The quantitative estimate of drug-likeness (QED) is 0.729. The van der Waals surface area contributed by atoms with Crippen molar-refractivity contribution >= 4 is 27.5 Å². The van der Waals surface area contributed by atoms with E-state index in [0.29, 0.717) is 6.54 Å². The summed E-state index contributed by atoms with van der Waals surface area (Å²) >= 11 is 3.49. The van der Waals surface area contributed by atoms with Crippen LogP contribution in [0, 0.1) is 20.8 Å². The third-order valence-electron chi connectivity index (χ3n) is 4.63. The van der Waals surface area contributed by atoms with Crippen molar-refractivity contribution in [2.45, 2.75) is 40.3 Å². The van der Waals surface area contributed by atoms with E-state index in [0.717, 1.165) is 32.6 Å². The van der Waals surface area contributed by atoms with E-state index in [2.05, 4.69) is 40.3 Å². The van der Waals surface area contributed by atoms with Crippen molar-refractivity contribution in [2.24, 2.45) is 0 Å². The predicted molar refractivity (Wildman–Crippen MR) is 111 cm³/mol. The van der Waals surface area contributed by atoms with Crippen LogP contribution >= 0.6 is 15.9 Å². The van der Waals surface area contributed by atoms with Gasteiger partial charge < -0.3 is 10.1 Å². The number of hydrogen-bond acceptors (Lipinski definition) is 3. The molecule has 5 heteroatoms. The van der Waals surface area contributed by atoms with Gasteiger partial charge in [-0.3, -0.25) is 9.69 Å². The Kier molecular flexibility index (Phi) is 6.84. The van der Waals surface area contributed by atoms with Gasteiger partial charge >= 0.3 is 0 Å². The lowest BCUT2D eigenvalue weighted by Gasteiger charge is -2.25. The number of nitrogens with zero attached hydrogens (tertiary/aromatic N) is 1. The van der Waals surface area contributed by atoms with Gasteiger partial charge in [0.2, 0.25) is 5.91 Å². The van der Waals surface area contributed by atoms with Gasteiger partial charge in [0.25, 0.3) is 0 Å². The summed E-state index contributed by atoms with van der Waals surface area (Å²) in [7, 11) is 3.60. The molecule has 4 nitrogen and oxygen atoms in total. The van der Waals surface area contributed by atoms with Crippen molar-refractivity contribution < 1.29 is 9.53 Å². The number of carbonyl (C=O) groups excluding carboxylic acids is 1. The lowest BCUT2D eigenvalue weighted by Crippen LogP contribution is -2.39. The van der Waals surface area contributed by atoms with E-state index in [1.165, 1.54) is 5.56 Å². The molecule has 0 unspecified atom stereocenters. The summed E-state index contributed by atoms with van der Waals surface area (Å²) in [6, 6.07) is 9.79. The minimum atomic E-state index is -0.279. The highest BCUT2D eigenvalue weighted by Crippen LogP contribution is 2.25. The van der Waals surface area contributed by atoms with E-state index in [1.807, 2.05) is 50.9 Å². The number of nitrogens with one attached hydrogen (secondary N) is 1. The molecular weight excluding hydrogens is 392 g/mol. The largest absolute Gasteiger partial charge is 0.496 e. The van der Waals surface area contributed by atoms with Crippen LogP contribution in [0.1, 0.15) is 29.2 Å². The van der Waals surface area contributed by atoms with Crippen LogP contribution < -0.4 is 10.1 Å². The molecule has 0 fully saturated rings. The van der Waals surface area contributed by atoms with Crippen LogP contribution in [0.25, 0.3) is 0 Å². The molecule has 0 aliphatic rings. The first-order valence-electron chi connectivity index (χ1n) is 8.64. The molecule has 2 aromatic carbocycles. The lowest BCUT2D eigenvalue weighted by molar-refractivity contribution is -0.120. The van der Waals surface area contributed by atoms with Crippen molar-refractivity contribution in [1.82, 2.24) is 4.90 Å². The normalized spacial score (nSPS) is 12.2. The Labute approximate surface area is 164 Å². The number of halogens is 1. The topological polar surface area (TPSA) is 41.6 Å². The van der Waals surface area contributed by atoms with Crippen LogP contribution in [0.5, 0.6) is 5.75 Å². The molecule has 0 bridgehead atoms. The van der Waals surface area contributed by atoms with Gasteiger partial charge in [-0.1, -0.05) is 33.6 Å². The van der Waals surface area contributed by atoms with Crippen LogP contribution in [0.2, 0.25) is 0 Å². The monoisotopic (exact) mass is 418 g/mol. The maximum absolute atomic E-state index is 12.8. The molecule has 0 spiro atoms. The van der Waals surface area contributed by atoms with E-state index in [4.69, 9.17) is 4.74 Å². The van der Waals surface area contributed by atoms with Gasteiger partial charge in [-0.05, 0) is 64.1 Å². The van der Waals surface area contributed by atoms with Crippen LogP contribution in [-0.4, -0.2) is 31.0 Å². The maximum atomic E-state index is 12.8. The molecule has 0 aliphatic carbocycles. The fraction of sp³-hybridized carbons (Fsp3) is 0.381. The minimum absolute atomic E-state index is 0.0171. The van der Waals surface area contributed by atoms with Crippen molar-refractivity contribution in [1.29, 1.82) is 0 Å². The van der Waals surface area contributed by atoms with Gasteiger partial charge in [0, 0.05) is 22.3 Å². The number of likely N-dealkylation sites (N-methyl/N-ethyl adjacent to an activating group) is 1. The minimum Gasteiger partial charge on any atom is -0.496 e. The second-order valence-corrected chi connectivity index (χ2v) is 7.73. The molecule has 26 heavy (non-hydrogen) atoms. The molecule has 0 saturated carbocycles. The molecule has 2 rings (SSSR count). The maximum Gasteiger partial charge on any atom is 0.241 e. The zero-order valence-electron chi connectivity index (χ0n) is 16.3.